The standard InChI is InChI=1S/C14H18ClNO/c1-3-5-6-9-17-14-8-7-13(15)10-12(14)11-16-4-2/h1,7-8,10,16H,4-6,9,11H2,2H3. The first kappa shape index (κ1) is 13.9. The summed E-state index contributed by atoms with van der Waals surface area (Å²) in [6.45, 7) is 4.40. The van der Waals surface area contributed by atoms with Crippen molar-refractivity contribution in [3.8, 4) is 18.1 Å². The molecule has 1 aromatic rings. The van der Waals surface area contributed by atoms with Gasteiger partial charge in [-0.2, -0.15) is 0 Å². The second-order valence-corrected chi connectivity index (χ2v) is 4.12. The molecule has 0 unspecified atom stereocenters. The summed E-state index contributed by atoms with van der Waals surface area (Å²) < 4.78 is 5.70. The van der Waals surface area contributed by atoms with Crippen LogP contribution in [0.15, 0.2) is 18.2 Å². The van der Waals surface area contributed by atoms with Gasteiger partial charge in [0.2, 0.25) is 0 Å². The summed E-state index contributed by atoms with van der Waals surface area (Å²) in [5, 5.41) is 3.99. The number of hydrogen-bond donors (Lipinski definition) is 1. The van der Waals surface area contributed by atoms with E-state index < -0.39 is 0 Å². The zero-order valence-electron chi connectivity index (χ0n) is 10.1. The van der Waals surface area contributed by atoms with Crippen LogP contribution >= 0.6 is 11.6 Å². The number of hydrogen-bond acceptors (Lipinski definition) is 2. The molecule has 0 aromatic heterocycles. The number of terminal acetylenes is 1. The zero-order chi connectivity index (χ0) is 12.5. The van der Waals surface area contributed by atoms with Crippen molar-refractivity contribution in [3.05, 3.63) is 28.8 Å². The van der Waals surface area contributed by atoms with E-state index in [1.165, 1.54) is 0 Å². The predicted molar refractivity (Wildman–Crippen MR) is 72.4 cm³/mol. The fourth-order valence-electron chi connectivity index (χ4n) is 1.44. The molecule has 0 bridgehead atoms. The number of unbranched alkanes of at least 4 members (excludes halogenated alkanes) is 1. The highest BCUT2D eigenvalue weighted by Gasteiger charge is 2.04. The van der Waals surface area contributed by atoms with Crippen LogP contribution in [-0.4, -0.2) is 13.2 Å². The molecule has 0 radical (unpaired) electrons. The van der Waals surface area contributed by atoms with Crippen LogP contribution in [0.1, 0.15) is 25.3 Å². The SMILES string of the molecule is C#CCCCOc1ccc(Cl)cc1CNCC. The molecule has 3 heteroatoms. The molecule has 1 aromatic carbocycles. The van der Waals surface area contributed by atoms with Crippen molar-refractivity contribution in [1.82, 2.24) is 5.32 Å². The molecule has 0 atom stereocenters. The number of nitrogens with one attached hydrogen (secondary N) is 1. The van der Waals surface area contributed by atoms with Crippen molar-refractivity contribution in [2.75, 3.05) is 13.2 Å². The largest absolute Gasteiger partial charge is 0.493 e. The summed E-state index contributed by atoms with van der Waals surface area (Å²) in [6.07, 6.45) is 6.81. The average Bonchev–Trinajstić information content (AvgIpc) is 2.34. The summed E-state index contributed by atoms with van der Waals surface area (Å²) in [4.78, 5) is 0. The number of rotatable bonds is 7. The molecule has 0 saturated heterocycles. The lowest BCUT2D eigenvalue weighted by atomic mass is 10.2. The zero-order valence-corrected chi connectivity index (χ0v) is 10.9. The van der Waals surface area contributed by atoms with E-state index >= 15 is 0 Å². The van der Waals surface area contributed by atoms with Gasteiger partial charge in [-0.3, -0.25) is 0 Å². The first-order valence-electron chi connectivity index (χ1n) is 5.83. The van der Waals surface area contributed by atoms with Gasteiger partial charge in [-0.1, -0.05) is 18.5 Å². The monoisotopic (exact) mass is 251 g/mol. The van der Waals surface area contributed by atoms with Gasteiger partial charge in [0.05, 0.1) is 6.61 Å². The molecule has 1 N–H and O–H groups in total. The average molecular weight is 252 g/mol. The first-order chi connectivity index (χ1) is 8.27. The van der Waals surface area contributed by atoms with E-state index in [4.69, 9.17) is 22.8 Å². The van der Waals surface area contributed by atoms with Crippen molar-refractivity contribution in [1.29, 1.82) is 0 Å². The second kappa shape index (κ2) is 8.00. The minimum absolute atomic E-state index is 0.644. The lowest BCUT2D eigenvalue weighted by Gasteiger charge is -2.11. The van der Waals surface area contributed by atoms with E-state index in [0.717, 1.165) is 42.3 Å². The van der Waals surface area contributed by atoms with Crippen LogP contribution in [0, 0.1) is 12.3 Å². The third kappa shape index (κ3) is 5.12. The minimum Gasteiger partial charge on any atom is -0.493 e. The van der Waals surface area contributed by atoms with Crippen molar-refractivity contribution in [2.24, 2.45) is 0 Å². The van der Waals surface area contributed by atoms with Crippen molar-refractivity contribution in [2.45, 2.75) is 26.3 Å². The molecule has 2 nitrogen and oxygen atoms in total. The second-order valence-electron chi connectivity index (χ2n) is 3.69. The van der Waals surface area contributed by atoms with Crippen LogP contribution < -0.4 is 10.1 Å². The van der Waals surface area contributed by atoms with Crippen molar-refractivity contribution in [3.63, 3.8) is 0 Å². The quantitative estimate of drug-likeness (QED) is 0.593. The highest BCUT2D eigenvalue weighted by molar-refractivity contribution is 6.30. The molecule has 92 valence electrons. The minimum atomic E-state index is 0.644. The molecular weight excluding hydrogens is 234 g/mol. The van der Waals surface area contributed by atoms with Gasteiger partial charge in [0.25, 0.3) is 0 Å². The summed E-state index contributed by atoms with van der Waals surface area (Å²) in [7, 11) is 0. The Morgan fingerprint density at radius 2 is 2.29 bits per heavy atom. The normalized spacial score (nSPS) is 9.94. The maximum absolute atomic E-state index is 5.97. The van der Waals surface area contributed by atoms with Crippen LogP contribution in [0.25, 0.3) is 0 Å². The Bertz CT molecular complexity index is 384. The van der Waals surface area contributed by atoms with Crippen molar-refractivity contribution >= 4 is 11.6 Å². The van der Waals surface area contributed by atoms with E-state index in [9.17, 15) is 0 Å². The maximum atomic E-state index is 5.97. The summed E-state index contributed by atoms with van der Waals surface area (Å²) in [5.41, 5.74) is 1.08. The predicted octanol–water partition coefficient (Wildman–Crippen LogP) is 3.24. The van der Waals surface area contributed by atoms with Gasteiger partial charge in [0.15, 0.2) is 0 Å². The topological polar surface area (TPSA) is 21.3 Å². The number of ether oxygens (including phenoxy) is 1. The fraction of sp³-hybridized carbons (Fsp3) is 0.429. The highest BCUT2D eigenvalue weighted by Crippen LogP contribution is 2.23. The Balaban J connectivity index is 2.59. The molecule has 0 aliphatic heterocycles. The summed E-state index contributed by atoms with van der Waals surface area (Å²) in [6, 6.07) is 5.68. The molecule has 0 heterocycles. The van der Waals surface area contributed by atoms with E-state index in [0.29, 0.717) is 6.61 Å². The lowest BCUT2D eigenvalue weighted by Crippen LogP contribution is -2.13. The summed E-state index contributed by atoms with van der Waals surface area (Å²) in [5.74, 6) is 3.48. The Morgan fingerprint density at radius 1 is 1.47 bits per heavy atom. The van der Waals surface area contributed by atoms with E-state index in [-0.39, 0.29) is 0 Å². The Labute approximate surface area is 108 Å². The third-order valence-electron chi connectivity index (χ3n) is 2.31. The molecular formula is C14H18ClNO. The van der Waals surface area contributed by atoms with E-state index in [1.807, 2.05) is 18.2 Å². The van der Waals surface area contributed by atoms with Crippen LogP contribution in [0.3, 0.4) is 0 Å². The molecule has 0 aliphatic carbocycles. The van der Waals surface area contributed by atoms with Gasteiger partial charge in [0.1, 0.15) is 5.75 Å². The summed E-state index contributed by atoms with van der Waals surface area (Å²) >= 11 is 5.97. The van der Waals surface area contributed by atoms with Crippen LogP contribution in [0.4, 0.5) is 0 Å². The Kier molecular flexibility index (Phi) is 6.54. The van der Waals surface area contributed by atoms with Crippen molar-refractivity contribution < 1.29 is 4.74 Å². The molecule has 17 heavy (non-hydrogen) atoms. The smallest absolute Gasteiger partial charge is 0.123 e. The van der Waals surface area contributed by atoms with Gasteiger partial charge >= 0.3 is 0 Å². The maximum Gasteiger partial charge on any atom is 0.123 e. The molecule has 1 rings (SSSR count). The molecule has 0 spiro atoms. The highest BCUT2D eigenvalue weighted by atomic mass is 35.5. The fourth-order valence-corrected chi connectivity index (χ4v) is 1.64. The van der Waals surface area contributed by atoms with Crippen LogP contribution in [0.5, 0.6) is 5.75 Å². The van der Waals surface area contributed by atoms with Crippen LogP contribution in [0.2, 0.25) is 5.02 Å². The van der Waals surface area contributed by atoms with Gasteiger partial charge < -0.3 is 10.1 Å². The van der Waals surface area contributed by atoms with Gasteiger partial charge in [-0.05, 0) is 31.2 Å². The van der Waals surface area contributed by atoms with E-state index in [2.05, 4.69) is 18.2 Å². The van der Waals surface area contributed by atoms with Gasteiger partial charge in [0, 0.05) is 23.6 Å². The third-order valence-corrected chi connectivity index (χ3v) is 2.55. The molecule has 0 saturated carbocycles. The Morgan fingerprint density at radius 3 is 3.00 bits per heavy atom. The molecule has 0 amide bonds. The lowest BCUT2D eigenvalue weighted by molar-refractivity contribution is 0.309. The molecule has 0 fully saturated rings. The number of benzene rings is 1. The molecule has 0 aliphatic rings. The van der Waals surface area contributed by atoms with Gasteiger partial charge in [-0.25, -0.2) is 0 Å². The van der Waals surface area contributed by atoms with E-state index in [1.54, 1.807) is 0 Å². The number of halogens is 1. The van der Waals surface area contributed by atoms with Crippen LogP contribution in [-0.2, 0) is 6.54 Å². The van der Waals surface area contributed by atoms with Gasteiger partial charge in [-0.15, -0.1) is 12.3 Å². The Hall–Kier alpha value is -1.17. The first-order valence-corrected chi connectivity index (χ1v) is 6.21.